The molecule has 3 rings (SSSR count). The molecule has 0 fully saturated rings. The number of aliphatic hydroxyl groups excluding tert-OH is 1. The smallest absolute Gasteiger partial charge is 0.262 e. The molecule has 0 spiro atoms. The lowest BCUT2D eigenvalue weighted by Gasteiger charge is -2.18. The van der Waals surface area contributed by atoms with Gasteiger partial charge in [-0.3, -0.25) is 9.59 Å². The van der Waals surface area contributed by atoms with E-state index in [0.717, 1.165) is 0 Å². The molecule has 2 amide bonds. The number of ether oxygens (including phenoxy) is 2. The molecule has 0 saturated heterocycles. The molecule has 3 N–H and O–H groups in total. The minimum Gasteiger partial charge on any atom is -0.497 e. The van der Waals surface area contributed by atoms with Crippen LogP contribution < -0.4 is 20.1 Å². The molecule has 7 heteroatoms. The summed E-state index contributed by atoms with van der Waals surface area (Å²) in [7, 11) is 1.57. The van der Waals surface area contributed by atoms with E-state index in [4.69, 9.17) is 9.47 Å². The highest BCUT2D eigenvalue weighted by molar-refractivity contribution is 5.98. The molecule has 1 heterocycles. The first kappa shape index (κ1) is 16.8. The van der Waals surface area contributed by atoms with Crippen molar-refractivity contribution in [3.8, 4) is 11.5 Å². The van der Waals surface area contributed by atoms with E-state index >= 15 is 0 Å². The summed E-state index contributed by atoms with van der Waals surface area (Å²) in [6.07, 6.45) is -0.831. The third-order valence-corrected chi connectivity index (χ3v) is 3.83. The maximum Gasteiger partial charge on any atom is 0.262 e. The van der Waals surface area contributed by atoms with Gasteiger partial charge in [0.05, 0.1) is 18.9 Å². The van der Waals surface area contributed by atoms with Crippen molar-refractivity contribution in [1.82, 2.24) is 5.32 Å². The second kappa shape index (κ2) is 7.23. The Morgan fingerprint density at radius 2 is 2.08 bits per heavy atom. The quantitative estimate of drug-likeness (QED) is 0.765. The summed E-state index contributed by atoms with van der Waals surface area (Å²) < 4.78 is 10.4. The van der Waals surface area contributed by atoms with Gasteiger partial charge in [0.15, 0.2) is 6.61 Å². The van der Waals surface area contributed by atoms with Gasteiger partial charge in [0.1, 0.15) is 11.5 Å². The van der Waals surface area contributed by atoms with Crippen molar-refractivity contribution in [2.75, 3.05) is 25.6 Å². The molecular weight excluding hydrogens is 324 g/mol. The Labute approximate surface area is 144 Å². The number of benzene rings is 2. The molecule has 0 aromatic heterocycles. The number of hydrogen-bond donors (Lipinski definition) is 3. The van der Waals surface area contributed by atoms with E-state index in [9.17, 15) is 14.7 Å². The number of amides is 2. The van der Waals surface area contributed by atoms with Crippen LogP contribution in [0.4, 0.5) is 5.69 Å². The summed E-state index contributed by atoms with van der Waals surface area (Å²) >= 11 is 0. The number of carbonyl (C=O) groups excluding carboxylic acids is 2. The van der Waals surface area contributed by atoms with Crippen molar-refractivity contribution in [2.45, 2.75) is 6.10 Å². The maximum absolute atomic E-state index is 12.2. The van der Waals surface area contributed by atoms with Crippen LogP contribution in [0, 0.1) is 0 Å². The highest BCUT2D eigenvalue weighted by atomic mass is 16.5. The zero-order chi connectivity index (χ0) is 17.8. The van der Waals surface area contributed by atoms with Crippen LogP contribution >= 0.6 is 0 Å². The van der Waals surface area contributed by atoms with Gasteiger partial charge in [-0.15, -0.1) is 0 Å². The van der Waals surface area contributed by atoms with Gasteiger partial charge in [0, 0.05) is 12.1 Å². The molecule has 7 nitrogen and oxygen atoms in total. The number of aliphatic hydroxyl groups is 1. The van der Waals surface area contributed by atoms with Crippen molar-refractivity contribution < 1.29 is 24.2 Å². The van der Waals surface area contributed by atoms with Crippen LogP contribution in [-0.2, 0) is 4.79 Å². The molecule has 0 bridgehead atoms. The van der Waals surface area contributed by atoms with E-state index in [0.29, 0.717) is 28.3 Å². The Bertz CT molecular complexity index is 789. The predicted octanol–water partition coefficient (Wildman–Crippen LogP) is 1.49. The van der Waals surface area contributed by atoms with Gasteiger partial charge < -0.3 is 25.2 Å². The first-order valence-electron chi connectivity index (χ1n) is 7.74. The molecule has 1 aliphatic rings. The lowest BCUT2D eigenvalue weighted by atomic mass is 10.1. The number of nitrogens with one attached hydrogen (secondary N) is 2. The monoisotopic (exact) mass is 342 g/mol. The van der Waals surface area contributed by atoms with Crippen LogP contribution in [0.5, 0.6) is 11.5 Å². The molecule has 130 valence electrons. The number of anilines is 1. The van der Waals surface area contributed by atoms with Crippen LogP contribution in [0.3, 0.4) is 0 Å². The summed E-state index contributed by atoms with van der Waals surface area (Å²) in [5, 5.41) is 15.5. The highest BCUT2D eigenvalue weighted by Crippen LogP contribution is 2.28. The number of rotatable bonds is 5. The molecular formula is C18H18N2O5. The molecule has 1 atom stereocenters. The van der Waals surface area contributed by atoms with Gasteiger partial charge in [-0.05, 0) is 35.9 Å². The van der Waals surface area contributed by atoms with Crippen molar-refractivity contribution in [3.63, 3.8) is 0 Å². The lowest BCUT2D eigenvalue weighted by Crippen LogP contribution is -2.29. The molecule has 0 saturated carbocycles. The van der Waals surface area contributed by atoms with Gasteiger partial charge in [-0.1, -0.05) is 12.1 Å². The fourth-order valence-corrected chi connectivity index (χ4v) is 2.45. The van der Waals surface area contributed by atoms with E-state index in [1.807, 2.05) is 0 Å². The first-order chi connectivity index (χ1) is 12.1. The largest absolute Gasteiger partial charge is 0.497 e. The molecule has 2 aromatic rings. The van der Waals surface area contributed by atoms with Gasteiger partial charge in [0.2, 0.25) is 0 Å². The standard InChI is InChI=1S/C18H18N2O5/c1-24-13-5-2-11(3-6-13)15(21)9-19-18(23)12-4-7-14-16(8-12)25-10-17(22)20-14/h2-8,15,21H,9-10H2,1H3,(H,19,23)(H,20,22)/t15-/m0/s1. The lowest BCUT2D eigenvalue weighted by molar-refractivity contribution is -0.118. The third-order valence-electron chi connectivity index (χ3n) is 3.83. The minimum absolute atomic E-state index is 0.0693. The van der Waals surface area contributed by atoms with Crippen molar-refractivity contribution >= 4 is 17.5 Å². The normalized spacial score (nSPS) is 13.9. The van der Waals surface area contributed by atoms with E-state index in [1.165, 1.54) is 0 Å². The van der Waals surface area contributed by atoms with Crippen LogP contribution in [0.2, 0.25) is 0 Å². The van der Waals surface area contributed by atoms with E-state index in [1.54, 1.807) is 49.6 Å². The zero-order valence-electron chi connectivity index (χ0n) is 13.6. The zero-order valence-corrected chi connectivity index (χ0v) is 13.6. The molecule has 2 aromatic carbocycles. The van der Waals surface area contributed by atoms with Crippen LogP contribution in [0.25, 0.3) is 0 Å². The van der Waals surface area contributed by atoms with Crippen LogP contribution in [-0.4, -0.2) is 37.2 Å². The summed E-state index contributed by atoms with van der Waals surface area (Å²) in [6, 6.07) is 11.7. The van der Waals surface area contributed by atoms with Crippen LogP contribution in [0.15, 0.2) is 42.5 Å². The van der Waals surface area contributed by atoms with E-state index in [-0.39, 0.29) is 25.0 Å². The Balaban J connectivity index is 1.61. The Morgan fingerprint density at radius 3 is 2.80 bits per heavy atom. The summed E-state index contributed by atoms with van der Waals surface area (Å²) in [6.45, 7) is -0.00586. The van der Waals surface area contributed by atoms with E-state index < -0.39 is 6.10 Å². The number of hydrogen-bond acceptors (Lipinski definition) is 5. The molecule has 0 aliphatic carbocycles. The third kappa shape index (κ3) is 3.89. The summed E-state index contributed by atoms with van der Waals surface area (Å²) in [5.74, 6) is 0.576. The SMILES string of the molecule is COc1ccc([C@@H](O)CNC(=O)c2ccc3c(c2)OCC(=O)N3)cc1. The fourth-order valence-electron chi connectivity index (χ4n) is 2.45. The first-order valence-corrected chi connectivity index (χ1v) is 7.74. The maximum atomic E-state index is 12.2. The Kier molecular flexibility index (Phi) is 4.85. The minimum atomic E-state index is -0.831. The molecule has 25 heavy (non-hydrogen) atoms. The van der Waals surface area contributed by atoms with Gasteiger partial charge in [0.25, 0.3) is 11.8 Å². The van der Waals surface area contributed by atoms with E-state index in [2.05, 4.69) is 10.6 Å². The fraction of sp³-hybridized carbons (Fsp3) is 0.222. The van der Waals surface area contributed by atoms with Gasteiger partial charge in [-0.2, -0.15) is 0 Å². The Hall–Kier alpha value is -3.06. The second-order valence-corrected chi connectivity index (χ2v) is 5.55. The van der Waals surface area contributed by atoms with Gasteiger partial charge in [-0.25, -0.2) is 0 Å². The summed E-state index contributed by atoms with van der Waals surface area (Å²) in [4.78, 5) is 23.5. The molecule has 0 radical (unpaired) electrons. The number of carbonyl (C=O) groups is 2. The Morgan fingerprint density at radius 1 is 1.32 bits per heavy atom. The van der Waals surface area contributed by atoms with Crippen LogP contribution in [0.1, 0.15) is 22.0 Å². The number of methoxy groups -OCH3 is 1. The number of fused-ring (bicyclic) bond motifs is 1. The molecule has 0 unspecified atom stereocenters. The average Bonchev–Trinajstić information content (AvgIpc) is 2.65. The topological polar surface area (TPSA) is 96.9 Å². The summed E-state index contributed by atoms with van der Waals surface area (Å²) in [5.41, 5.74) is 1.60. The van der Waals surface area contributed by atoms with Gasteiger partial charge >= 0.3 is 0 Å². The van der Waals surface area contributed by atoms with Crippen molar-refractivity contribution in [2.24, 2.45) is 0 Å². The van der Waals surface area contributed by atoms with Crippen molar-refractivity contribution in [3.05, 3.63) is 53.6 Å². The second-order valence-electron chi connectivity index (χ2n) is 5.55. The highest BCUT2D eigenvalue weighted by Gasteiger charge is 2.18. The molecule has 1 aliphatic heterocycles. The predicted molar refractivity (Wildman–Crippen MR) is 90.9 cm³/mol. The van der Waals surface area contributed by atoms with Crippen molar-refractivity contribution in [1.29, 1.82) is 0 Å². The average molecular weight is 342 g/mol.